The SMILES string of the molecule is CCOC(=O)C1=C(C)N=c2s/c(=C\c3ccc(-c4cc([N+](=O)[O-])ccc4Cl)o3)c(=O)n2[C@H]1c1ccc(F)cc1. The highest BCUT2D eigenvalue weighted by Crippen LogP contribution is 2.33. The van der Waals surface area contributed by atoms with Crippen molar-refractivity contribution < 1.29 is 23.3 Å². The first-order valence-corrected chi connectivity index (χ1v) is 12.9. The van der Waals surface area contributed by atoms with Crippen molar-refractivity contribution in [1.82, 2.24) is 4.57 Å². The molecule has 1 aliphatic rings. The molecule has 2 aromatic heterocycles. The second-order valence-corrected chi connectivity index (χ2v) is 9.89. The summed E-state index contributed by atoms with van der Waals surface area (Å²) in [5.41, 5.74) is 0.835. The molecule has 0 spiro atoms. The van der Waals surface area contributed by atoms with Crippen molar-refractivity contribution in [3.63, 3.8) is 0 Å². The Bertz CT molecular complexity index is 1840. The Kier molecular flexibility index (Phi) is 7.02. The lowest BCUT2D eigenvalue weighted by Crippen LogP contribution is -2.39. The molecule has 12 heteroatoms. The van der Waals surface area contributed by atoms with Crippen LogP contribution in [0.1, 0.15) is 31.2 Å². The number of furan rings is 1. The first-order valence-electron chi connectivity index (χ1n) is 11.7. The second-order valence-electron chi connectivity index (χ2n) is 8.48. The number of aromatic nitrogens is 1. The summed E-state index contributed by atoms with van der Waals surface area (Å²) in [6.45, 7) is 3.46. The number of benzene rings is 2. The van der Waals surface area contributed by atoms with Gasteiger partial charge in [-0.05, 0) is 49.7 Å². The number of carbonyl (C=O) groups is 1. The van der Waals surface area contributed by atoms with E-state index in [0.717, 1.165) is 11.3 Å². The van der Waals surface area contributed by atoms with Crippen LogP contribution in [0.2, 0.25) is 5.02 Å². The molecule has 0 aliphatic carbocycles. The molecule has 4 aromatic rings. The zero-order chi connectivity index (χ0) is 27.8. The second kappa shape index (κ2) is 10.4. The molecule has 2 aromatic carbocycles. The fraction of sp³-hybridized carbons (Fsp3) is 0.148. The summed E-state index contributed by atoms with van der Waals surface area (Å²) in [4.78, 5) is 42.0. The number of esters is 1. The number of fused-ring (bicyclic) bond motifs is 1. The zero-order valence-electron chi connectivity index (χ0n) is 20.5. The average Bonchev–Trinajstić information content (AvgIpc) is 3.48. The maximum Gasteiger partial charge on any atom is 0.338 e. The van der Waals surface area contributed by atoms with Gasteiger partial charge in [0.15, 0.2) is 4.80 Å². The van der Waals surface area contributed by atoms with Gasteiger partial charge >= 0.3 is 5.97 Å². The van der Waals surface area contributed by atoms with Gasteiger partial charge in [0.2, 0.25) is 0 Å². The summed E-state index contributed by atoms with van der Waals surface area (Å²) < 4.78 is 26.4. The number of non-ortho nitro benzene ring substituents is 1. The van der Waals surface area contributed by atoms with E-state index < -0.39 is 28.3 Å². The normalized spacial score (nSPS) is 15.2. The van der Waals surface area contributed by atoms with Crippen LogP contribution in [0.4, 0.5) is 10.1 Å². The molecule has 1 atom stereocenters. The van der Waals surface area contributed by atoms with E-state index in [1.165, 1.54) is 53.1 Å². The van der Waals surface area contributed by atoms with Crippen LogP contribution in [-0.2, 0) is 9.53 Å². The minimum Gasteiger partial charge on any atom is -0.463 e. The first kappa shape index (κ1) is 26.3. The topological polar surface area (TPSA) is 117 Å². The van der Waals surface area contributed by atoms with Crippen molar-refractivity contribution in [2.75, 3.05) is 6.61 Å². The molecule has 0 N–H and O–H groups in total. The van der Waals surface area contributed by atoms with Crippen LogP contribution >= 0.6 is 22.9 Å². The van der Waals surface area contributed by atoms with Crippen molar-refractivity contribution in [1.29, 1.82) is 0 Å². The molecule has 0 amide bonds. The van der Waals surface area contributed by atoms with Gasteiger partial charge in [0.1, 0.15) is 17.3 Å². The summed E-state index contributed by atoms with van der Waals surface area (Å²) in [5, 5.41) is 11.4. The van der Waals surface area contributed by atoms with E-state index in [1.54, 1.807) is 26.0 Å². The Labute approximate surface area is 228 Å². The molecule has 39 heavy (non-hydrogen) atoms. The van der Waals surface area contributed by atoms with Crippen LogP contribution in [-0.4, -0.2) is 22.1 Å². The number of nitro benzene ring substituents is 1. The molecule has 0 saturated heterocycles. The van der Waals surface area contributed by atoms with Crippen LogP contribution in [0.25, 0.3) is 17.4 Å². The van der Waals surface area contributed by atoms with Gasteiger partial charge in [-0.2, -0.15) is 0 Å². The Morgan fingerprint density at radius 1 is 1.26 bits per heavy atom. The summed E-state index contributed by atoms with van der Waals surface area (Å²) >= 11 is 7.33. The standard InChI is InChI=1S/C27H19ClFN3O6S/c1-3-37-26(34)23-14(2)30-27-31(24(23)15-4-6-16(29)7-5-15)25(33)22(39-27)13-18-9-11-21(38-18)19-12-17(32(35)36)8-10-20(19)28/h4-13,24H,3H2,1-2H3/b22-13-/t24-/m0/s1. The van der Waals surface area contributed by atoms with Crippen LogP contribution < -0.4 is 14.9 Å². The monoisotopic (exact) mass is 567 g/mol. The van der Waals surface area contributed by atoms with Crippen molar-refractivity contribution in [2.45, 2.75) is 19.9 Å². The molecular weight excluding hydrogens is 549 g/mol. The summed E-state index contributed by atoms with van der Waals surface area (Å²) in [6, 6.07) is 11.9. The largest absolute Gasteiger partial charge is 0.463 e. The number of thiazole rings is 1. The van der Waals surface area contributed by atoms with Crippen LogP contribution in [0.15, 0.2) is 80.1 Å². The van der Waals surface area contributed by atoms with Gasteiger partial charge in [-0.1, -0.05) is 35.1 Å². The average molecular weight is 568 g/mol. The molecule has 1 aliphatic heterocycles. The lowest BCUT2D eigenvalue weighted by molar-refractivity contribution is -0.384. The van der Waals surface area contributed by atoms with Crippen molar-refractivity contribution in [3.8, 4) is 11.3 Å². The zero-order valence-corrected chi connectivity index (χ0v) is 22.1. The smallest absolute Gasteiger partial charge is 0.338 e. The molecule has 0 fully saturated rings. The number of nitrogens with zero attached hydrogens (tertiary/aromatic N) is 3. The fourth-order valence-electron chi connectivity index (χ4n) is 4.27. The van der Waals surface area contributed by atoms with E-state index in [-0.39, 0.29) is 33.2 Å². The number of hydrogen-bond donors (Lipinski definition) is 0. The highest BCUT2D eigenvalue weighted by atomic mass is 35.5. The number of allylic oxidation sites excluding steroid dienone is 1. The molecule has 0 radical (unpaired) electrons. The number of carbonyl (C=O) groups excluding carboxylic acids is 1. The Morgan fingerprint density at radius 3 is 2.69 bits per heavy atom. The minimum atomic E-state index is -0.876. The van der Waals surface area contributed by atoms with Gasteiger partial charge < -0.3 is 9.15 Å². The van der Waals surface area contributed by atoms with Gasteiger partial charge in [0.05, 0.1) is 38.4 Å². The fourth-order valence-corrected chi connectivity index (χ4v) is 5.51. The quantitative estimate of drug-likeness (QED) is 0.188. The first-order chi connectivity index (χ1) is 18.7. The highest BCUT2D eigenvalue weighted by Gasteiger charge is 2.33. The maximum absolute atomic E-state index is 13.7. The number of rotatable bonds is 6. The van der Waals surface area contributed by atoms with Gasteiger partial charge in [-0.25, -0.2) is 14.2 Å². The van der Waals surface area contributed by atoms with Gasteiger partial charge in [0, 0.05) is 23.8 Å². The van der Waals surface area contributed by atoms with E-state index in [4.69, 9.17) is 20.8 Å². The van der Waals surface area contributed by atoms with Crippen molar-refractivity contribution >= 4 is 40.7 Å². The van der Waals surface area contributed by atoms with Gasteiger partial charge in [0.25, 0.3) is 11.2 Å². The molecule has 5 rings (SSSR count). The third-order valence-corrected chi connectivity index (χ3v) is 7.34. The summed E-state index contributed by atoms with van der Waals surface area (Å²) in [7, 11) is 0. The predicted octanol–water partition coefficient (Wildman–Crippen LogP) is 4.76. The van der Waals surface area contributed by atoms with Crippen molar-refractivity contribution in [3.05, 3.63) is 118 Å². The molecule has 9 nitrogen and oxygen atoms in total. The molecular formula is C27H19ClFN3O6S. The third kappa shape index (κ3) is 4.93. The number of nitro groups is 1. The number of ether oxygens (including phenoxy) is 1. The van der Waals surface area contributed by atoms with E-state index in [0.29, 0.717) is 27.4 Å². The Morgan fingerprint density at radius 2 is 2.00 bits per heavy atom. The van der Waals surface area contributed by atoms with Gasteiger partial charge in [-0.15, -0.1) is 0 Å². The molecule has 0 saturated carbocycles. The van der Waals surface area contributed by atoms with Crippen LogP contribution in [0, 0.1) is 15.9 Å². The molecule has 198 valence electrons. The Balaban J connectivity index is 1.62. The third-order valence-electron chi connectivity index (χ3n) is 6.03. The minimum absolute atomic E-state index is 0.131. The van der Waals surface area contributed by atoms with E-state index in [9.17, 15) is 24.1 Å². The van der Waals surface area contributed by atoms with Crippen molar-refractivity contribution in [2.24, 2.45) is 4.99 Å². The van der Waals surface area contributed by atoms with Crippen LogP contribution in [0.3, 0.4) is 0 Å². The van der Waals surface area contributed by atoms with E-state index >= 15 is 0 Å². The number of hydrogen-bond acceptors (Lipinski definition) is 8. The highest BCUT2D eigenvalue weighted by molar-refractivity contribution is 7.07. The maximum atomic E-state index is 13.7. The molecule has 3 heterocycles. The molecule has 0 unspecified atom stereocenters. The summed E-state index contributed by atoms with van der Waals surface area (Å²) in [5.74, 6) is -0.487. The summed E-state index contributed by atoms with van der Waals surface area (Å²) in [6.07, 6.45) is 1.52. The number of halogens is 2. The van der Waals surface area contributed by atoms with Crippen LogP contribution in [0.5, 0.6) is 0 Å². The van der Waals surface area contributed by atoms with E-state index in [1.807, 2.05) is 0 Å². The lowest BCUT2D eigenvalue weighted by Gasteiger charge is -2.24. The Hall–Kier alpha value is -4.35. The van der Waals surface area contributed by atoms with E-state index in [2.05, 4.69) is 4.99 Å². The lowest BCUT2D eigenvalue weighted by atomic mass is 9.96. The predicted molar refractivity (Wildman–Crippen MR) is 143 cm³/mol. The molecule has 0 bridgehead atoms. The van der Waals surface area contributed by atoms with Gasteiger partial charge in [-0.3, -0.25) is 19.5 Å².